The van der Waals surface area contributed by atoms with Crippen molar-refractivity contribution in [2.75, 3.05) is 12.0 Å². The molecule has 0 aromatic heterocycles. The summed E-state index contributed by atoms with van der Waals surface area (Å²) in [6, 6.07) is 11.1. The standard InChI is InChI=1S/C21H15ClF3NO3/c1-12-18(20(28)29-2)16(11-13-5-3-4-6-17(13)21(23,24)25)19(27)26(12)15-9-7-14(22)8-10-15/h3-11H,1-2H3/b16-11-. The lowest BCUT2D eigenvalue weighted by molar-refractivity contribution is -0.138. The molecule has 3 rings (SSSR count). The lowest BCUT2D eigenvalue weighted by Gasteiger charge is -2.18. The highest BCUT2D eigenvalue weighted by Crippen LogP contribution is 2.38. The topological polar surface area (TPSA) is 46.6 Å². The van der Waals surface area contributed by atoms with Gasteiger partial charge in [-0.05, 0) is 48.9 Å². The van der Waals surface area contributed by atoms with Crippen LogP contribution in [0.4, 0.5) is 18.9 Å². The van der Waals surface area contributed by atoms with Crippen molar-refractivity contribution >= 4 is 35.2 Å². The number of ether oxygens (including phenoxy) is 1. The predicted molar refractivity (Wildman–Crippen MR) is 103 cm³/mol. The van der Waals surface area contributed by atoms with E-state index >= 15 is 0 Å². The van der Waals surface area contributed by atoms with Crippen LogP contribution in [0.2, 0.25) is 5.02 Å². The molecule has 0 radical (unpaired) electrons. The molecule has 2 aromatic rings. The van der Waals surface area contributed by atoms with Crippen molar-refractivity contribution in [1.29, 1.82) is 0 Å². The summed E-state index contributed by atoms with van der Waals surface area (Å²) in [7, 11) is 1.14. The Labute approximate surface area is 169 Å². The zero-order valence-corrected chi connectivity index (χ0v) is 16.1. The molecule has 4 nitrogen and oxygen atoms in total. The Morgan fingerprint density at radius 2 is 1.72 bits per heavy atom. The summed E-state index contributed by atoms with van der Waals surface area (Å²) in [5.74, 6) is -1.45. The predicted octanol–water partition coefficient (Wildman–Crippen LogP) is 5.24. The Kier molecular flexibility index (Phi) is 5.53. The number of esters is 1. The largest absolute Gasteiger partial charge is 0.465 e. The first-order valence-corrected chi connectivity index (χ1v) is 8.80. The van der Waals surface area contributed by atoms with E-state index in [1.165, 1.54) is 30.0 Å². The zero-order chi connectivity index (χ0) is 21.3. The fourth-order valence-corrected chi connectivity index (χ4v) is 3.24. The monoisotopic (exact) mass is 421 g/mol. The van der Waals surface area contributed by atoms with Crippen molar-refractivity contribution in [1.82, 2.24) is 0 Å². The Balaban J connectivity index is 2.19. The Hall–Kier alpha value is -3.06. The second kappa shape index (κ2) is 7.75. The third-order valence-corrected chi connectivity index (χ3v) is 4.69. The zero-order valence-electron chi connectivity index (χ0n) is 15.4. The van der Waals surface area contributed by atoms with Gasteiger partial charge in [-0.1, -0.05) is 29.8 Å². The molecule has 0 aliphatic carbocycles. The van der Waals surface area contributed by atoms with E-state index in [2.05, 4.69) is 0 Å². The molecular formula is C21H15ClF3NO3. The van der Waals surface area contributed by atoms with Crippen LogP contribution in [-0.4, -0.2) is 19.0 Å². The van der Waals surface area contributed by atoms with Crippen molar-refractivity contribution in [2.45, 2.75) is 13.1 Å². The molecule has 150 valence electrons. The van der Waals surface area contributed by atoms with Crippen LogP contribution in [0.1, 0.15) is 18.1 Å². The van der Waals surface area contributed by atoms with E-state index in [-0.39, 0.29) is 22.4 Å². The van der Waals surface area contributed by atoms with Gasteiger partial charge in [0.15, 0.2) is 0 Å². The van der Waals surface area contributed by atoms with Gasteiger partial charge in [0.05, 0.1) is 23.8 Å². The fraction of sp³-hybridized carbons (Fsp3) is 0.143. The van der Waals surface area contributed by atoms with Gasteiger partial charge in [-0.2, -0.15) is 13.2 Å². The molecule has 0 atom stereocenters. The Bertz CT molecular complexity index is 1040. The lowest BCUT2D eigenvalue weighted by Crippen LogP contribution is -2.24. The molecule has 0 spiro atoms. The lowest BCUT2D eigenvalue weighted by atomic mass is 10.00. The maximum absolute atomic E-state index is 13.4. The first-order valence-electron chi connectivity index (χ1n) is 8.42. The minimum Gasteiger partial charge on any atom is -0.465 e. The number of alkyl halides is 3. The van der Waals surface area contributed by atoms with E-state index < -0.39 is 23.6 Å². The second-order valence-electron chi connectivity index (χ2n) is 6.21. The highest BCUT2D eigenvalue weighted by Gasteiger charge is 2.39. The normalized spacial score (nSPS) is 16.0. The SMILES string of the molecule is COC(=O)C1=C(C)N(c2ccc(Cl)cc2)C(=O)/C1=C\c1ccccc1C(F)(F)F. The minimum atomic E-state index is -4.62. The molecular weight excluding hydrogens is 407 g/mol. The van der Waals surface area contributed by atoms with Gasteiger partial charge >= 0.3 is 12.1 Å². The van der Waals surface area contributed by atoms with E-state index in [1.54, 1.807) is 24.3 Å². The van der Waals surface area contributed by atoms with Gasteiger partial charge in [0, 0.05) is 16.4 Å². The van der Waals surface area contributed by atoms with Crippen LogP contribution < -0.4 is 4.90 Å². The maximum Gasteiger partial charge on any atom is 0.416 e. The third kappa shape index (κ3) is 3.91. The number of carbonyl (C=O) groups excluding carboxylic acids is 2. The fourth-order valence-electron chi connectivity index (χ4n) is 3.12. The molecule has 0 saturated heterocycles. The van der Waals surface area contributed by atoms with E-state index in [9.17, 15) is 22.8 Å². The second-order valence-corrected chi connectivity index (χ2v) is 6.65. The highest BCUT2D eigenvalue weighted by atomic mass is 35.5. The van der Waals surface area contributed by atoms with Crippen molar-refractivity contribution in [3.63, 3.8) is 0 Å². The summed E-state index contributed by atoms with van der Waals surface area (Å²) >= 11 is 5.88. The van der Waals surface area contributed by atoms with Gasteiger partial charge in [0.2, 0.25) is 0 Å². The summed E-state index contributed by atoms with van der Waals surface area (Å²) in [6.45, 7) is 1.52. The van der Waals surface area contributed by atoms with Gasteiger partial charge in [-0.25, -0.2) is 4.79 Å². The number of allylic oxidation sites excluding steroid dienone is 1. The average Bonchev–Trinajstić information content (AvgIpc) is 2.91. The minimum absolute atomic E-state index is 0.0931. The number of carbonyl (C=O) groups is 2. The van der Waals surface area contributed by atoms with E-state index in [0.717, 1.165) is 19.3 Å². The average molecular weight is 422 g/mol. The van der Waals surface area contributed by atoms with Crippen LogP contribution in [0.5, 0.6) is 0 Å². The number of hydrogen-bond acceptors (Lipinski definition) is 3. The maximum atomic E-state index is 13.4. The quantitative estimate of drug-likeness (QED) is 0.503. The number of hydrogen-bond donors (Lipinski definition) is 0. The Morgan fingerprint density at radius 3 is 2.31 bits per heavy atom. The highest BCUT2D eigenvalue weighted by molar-refractivity contribution is 6.30. The van der Waals surface area contributed by atoms with Crippen LogP contribution in [0.25, 0.3) is 6.08 Å². The van der Waals surface area contributed by atoms with E-state index in [0.29, 0.717) is 10.7 Å². The summed E-state index contributed by atoms with van der Waals surface area (Å²) in [5.41, 5.74) is -0.737. The third-order valence-electron chi connectivity index (χ3n) is 4.44. The smallest absolute Gasteiger partial charge is 0.416 e. The molecule has 29 heavy (non-hydrogen) atoms. The van der Waals surface area contributed by atoms with E-state index in [1.807, 2.05) is 0 Å². The molecule has 8 heteroatoms. The molecule has 1 aliphatic rings. The Morgan fingerprint density at radius 1 is 1.10 bits per heavy atom. The molecule has 0 unspecified atom stereocenters. The summed E-state index contributed by atoms with van der Waals surface area (Å²) < 4.78 is 44.8. The molecule has 1 aliphatic heterocycles. The molecule has 1 amide bonds. The molecule has 0 N–H and O–H groups in total. The first-order chi connectivity index (χ1) is 13.6. The summed E-state index contributed by atoms with van der Waals surface area (Å²) in [5, 5.41) is 0.449. The van der Waals surface area contributed by atoms with Crippen LogP contribution in [-0.2, 0) is 20.5 Å². The number of anilines is 1. The van der Waals surface area contributed by atoms with Gasteiger partial charge in [-0.15, -0.1) is 0 Å². The first kappa shape index (κ1) is 20.7. The van der Waals surface area contributed by atoms with Crippen molar-refractivity contribution in [2.24, 2.45) is 0 Å². The molecule has 0 bridgehead atoms. The van der Waals surface area contributed by atoms with Crippen LogP contribution in [0, 0.1) is 0 Å². The van der Waals surface area contributed by atoms with E-state index in [4.69, 9.17) is 16.3 Å². The van der Waals surface area contributed by atoms with Crippen LogP contribution >= 0.6 is 11.6 Å². The van der Waals surface area contributed by atoms with Gasteiger partial charge in [0.1, 0.15) is 0 Å². The van der Waals surface area contributed by atoms with Crippen molar-refractivity contribution < 1.29 is 27.5 Å². The summed E-state index contributed by atoms with van der Waals surface area (Å²) in [6.07, 6.45) is -3.55. The van der Waals surface area contributed by atoms with Crippen molar-refractivity contribution in [3.8, 4) is 0 Å². The van der Waals surface area contributed by atoms with Gasteiger partial charge in [0.25, 0.3) is 5.91 Å². The number of rotatable bonds is 3. The summed E-state index contributed by atoms with van der Waals surface area (Å²) in [4.78, 5) is 26.7. The number of benzene rings is 2. The number of amides is 1. The molecule has 2 aromatic carbocycles. The molecule has 0 fully saturated rings. The number of halogens is 4. The number of nitrogens with zero attached hydrogens (tertiary/aromatic N) is 1. The van der Waals surface area contributed by atoms with Gasteiger partial charge < -0.3 is 4.74 Å². The van der Waals surface area contributed by atoms with Crippen LogP contribution in [0.3, 0.4) is 0 Å². The molecule has 0 saturated carbocycles. The molecule has 1 heterocycles. The van der Waals surface area contributed by atoms with Gasteiger partial charge in [-0.3, -0.25) is 9.69 Å². The van der Waals surface area contributed by atoms with Crippen molar-refractivity contribution in [3.05, 3.63) is 81.5 Å². The number of methoxy groups -OCH3 is 1. The van der Waals surface area contributed by atoms with Crippen LogP contribution in [0.15, 0.2) is 65.4 Å².